The van der Waals surface area contributed by atoms with Crippen molar-refractivity contribution in [2.24, 2.45) is 0 Å². The first-order valence-corrected chi connectivity index (χ1v) is 15.0. The zero-order valence-electron chi connectivity index (χ0n) is 30.4. The summed E-state index contributed by atoms with van der Waals surface area (Å²) in [5.41, 5.74) is 13.1. The van der Waals surface area contributed by atoms with E-state index in [1.807, 2.05) is 0 Å². The van der Waals surface area contributed by atoms with E-state index in [1.54, 1.807) is 0 Å². The Balaban J connectivity index is -0.0000000819. The fraction of sp³-hybridized carbons (Fsp3) is 0.826. The molecule has 322 valence electrons. The second-order valence-corrected chi connectivity index (χ2v) is 9.91. The molecule has 4 unspecified atom stereocenters. The van der Waals surface area contributed by atoms with Gasteiger partial charge in [0.2, 0.25) is 6.09 Å². The number of hydrogen-bond donors (Lipinski definition) is 9. The predicted molar refractivity (Wildman–Crippen MR) is 170 cm³/mol. The summed E-state index contributed by atoms with van der Waals surface area (Å²) >= 11 is 0. The molecule has 0 aromatic rings. The van der Waals surface area contributed by atoms with Gasteiger partial charge in [-0.2, -0.15) is 0 Å². The van der Waals surface area contributed by atoms with Gasteiger partial charge >= 0.3 is 6.16 Å². The molecule has 0 spiro atoms. The first kappa shape index (κ1) is 73.1. The largest absolute Gasteiger partial charge is 0.666 e. The molecular formula is C23H45N10O20Y4-3. The molecule has 4 atom stereocenters. The topological polar surface area (TPSA) is 465 Å². The first-order chi connectivity index (χ1) is 24.7. The SMILES string of the molecule is O=C(O)OCC1CCCN1.O=[C-]OCC1CCCN1.O=[N+]([O-])O.O=[N+]([O-])O.O=[N+]([O-])O.O=[N+]([O-])O.[NH-]C(=O)C1CCCN1.[NH-]C(=O)OCC1CCCN1.[Y].[Y].[Y].[Y]. The van der Waals surface area contributed by atoms with Gasteiger partial charge in [0.15, 0.2) is 0 Å². The summed E-state index contributed by atoms with van der Waals surface area (Å²) in [6.45, 7) is 6.44. The molecular weight excluding hydrogens is 1090 g/mol. The molecule has 4 rings (SSSR count). The Kier molecular flexibility index (Phi) is 67.4. The van der Waals surface area contributed by atoms with E-state index < -0.39 is 38.5 Å². The van der Waals surface area contributed by atoms with E-state index in [2.05, 4.69) is 35.5 Å². The average Bonchev–Trinajstić information content (AvgIpc) is 3.87. The van der Waals surface area contributed by atoms with E-state index >= 15 is 0 Å². The van der Waals surface area contributed by atoms with Gasteiger partial charge in [0.05, 0.1) is 12.5 Å². The molecule has 0 bridgehead atoms. The molecule has 4 aliphatic heterocycles. The molecule has 0 saturated carbocycles. The van der Waals surface area contributed by atoms with Gasteiger partial charge in [-0.15, -0.1) is 40.5 Å². The van der Waals surface area contributed by atoms with Crippen LogP contribution in [0.25, 0.3) is 11.5 Å². The van der Waals surface area contributed by atoms with E-state index in [9.17, 15) is 19.2 Å². The molecule has 4 fully saturated rings. The Morgan fingerprint density at radius 1 is 0.596 bits per heavy atom. The fourth-order valence-corrected chi connectivity index (χ4v) is 4.09. The van der Waals surface area contributed by atoms with Gasteiger partial charge in [-0.1, -0.05) is 6.47 Å². The predicted octanol–water partition coefficient (Wildman–Crippen LogP) is 0.0988. The van der Waals surface area contributed by atoms with Crippen molar-refractivity contribution in [1.82, 2.24) is 21.3 Å². The molecule has 0 aromatic carbocycles. The van der Waals surface area contributed by atoms with Crippen molar-refractivity contribution in [2.45, 2.75) is 75.5 Å². The quantitative estimate of drug-likeness (QED) is 0.0511. The third kappa shape index (κ3) is 75.9. The van der Waals surface area contributed by atoms with Crippen LogP contribution < -0.4 is 21.3 Å². The van der Waals surface area contributed by atoms with E-state index in [1.165, 1.54) is 12.9 Å². The van der Waals surface area contributed by atoms with Gasteiger partial charge in [0.25, 0.3) is 20.3 Å². The van der Waals surface area contributed by atoms with Gasteiger partial charge < -0.3 is 82.5 Å². The van der Waals surface area contributed by atoms with Gasteiger partial charge in [0, 0.05) is 155 Å². The zero-order chi connectivity index (χ0) is 41.6. The van der Waals surface area contributed by atoms with Gasteiger partial charge in [-0.3, -0.25) is 4.79 Å². The van der Waals surface area contributed by atoms with Crippen LogP contribution in [0.1, 0.15) is 51.4 Å². The first-order valence-electron chi connectivity index (χ1n) is 15.0. The summed E-state index contributed by atoms with van der Waals surface area (Å²) in [5.74, 6) is -0.470. The number of ether oxygens (including phenoxy) is 3. The number of rotatable bonds is 8. The number of carbonyl (C=O) groups is 3. The second-order valence-electron chi connectivity index (χ2n) is 9.91. The van der Waals surface area contributed by atoms with Crippen molar-refractivity contribution in [2.75, 3.05) is 46.0 Å². The van der Waals surface area contributed by atoms with Gasteiger partial charge in [-0.05, 0) is 77.5 Å². The molecule has 30 nitrogen and oxygen atoms in total. The Labute approximate surface area is 425 Å². The zero-order valence-corrected chi connectivity index (χ0v) is 41.7. The third-order valence-electron chi connectivity index (χ3n) is 6.03. The van der Waals surface area contributed by atoms with Crippen molar-refractivity contribution in [1.29, 1.82) is 0 Å². The van der Waals surface area contributed by atoms with Crippen LogP contribution in [-0.2, 0) is 155 Å². The molecule has 4 radical (unpaired) electrons. The van der Waals surface area contributed by atoms with Crippen LogP contribution in [-0.4, -0.2) is 141 Å². The summed E-state index contributed by atoms with van der Waals surface area (Å²) in [6, 6.07) is 0.756. The Hall–Kier alpha value is -1.46. The van der Waals surface area contributed by atoms with Gasteiger partial charge in [0.1, 0.15) is 13.2 Å². The van der Waals surface area contributed by atoms with Crippen molar-refractivity contribution in [3.05, 3.63) is 51.9 Å². The molecule has 34 heteroatoms. The maximum absolute atomic E-state index is 10.3. The second kappa shape index (κ2) is 52.6. The fourth-order valence-electron chi connectivity index (χ4n) is 4.09. The number of hydrogen-bond acceptors (Lipinski definition) is 19. The van der Waals surface area contributed by atoms with Crippen LogP contribution in [0.3, 0.4) is 0 Å². The molecule has 11 N–H and O–H groups in total. The minimum absolute atomic E-state index is 0. The Morgan fingerprint density at radius 3 is 1.11 bits per heavy atom. The number of amides is 2. The molecule has 4 heterocycles. The minimum atomic E-state index is -1.50. The maximum Gasteiger partial charge on any atom is 0.505 e. The number of carbonyl (C=O) groups excluding carboxylic acids is 3. The monoisotopic (exact) mass is 1140 g/mol. The summed E-state index contributed by atoms with van der Waals surface area (Å²) in [4.78, 5) is 73.2. The molecule has 0 aromatic heterocycles. The smallest absolute Gasteiger partial charge is 0.505 e. The van der Waals surface area contributed by atoms with E-state index in [0.29, 0.717) is 19.3 Å². The summed E-state index contributed by atoms with van der Waals surface area (Å²) < 4.78 is 13.3. The van der Waals surface area contributed by atoms with Crippen LogP contribution in [0.4, 0.5) is 9.59 Å². The van der Waals surface area contributed by atoms with Crippen molar-refractivity contribution in [3.63, 3.8) is 0 Å². The van der Waals surface area contributed by atoms with E-state index in [-0.39, 0.29) is 156 Å². The Morgan fingerprint density at radius 2 is 0.895 bits per heavy atom. The standard InChI is InChI=1S/C6H12N2O2.C6H11NO3.C6H10NO2.C5H10N2O.4HNO3.4Y/c7-6(9)10-4-5-2-1-3-8-5;8-6(9)10-4-5-2-1-3-7-5;8-5-9-4-6-2-1-3-7-6;6-5(8)4-2-1-3-7-4;4*2-1(3)4;;;;/h5,8H,1-4H2,(H2,7,9);5,7H,1-4H2,(H,8,9);6-7H,1-4H2;4,7H,1-3H2,(H2,6,8);4*(H,2,3,4);;;;/q;;-1;;;;;;;;;/p-2. The maximum atomic E-state index is 10.3. The summed E-state index contributed by atoms with van der Waals surface area (Å²) in [6.07, 6.45) is 6.39. The normalized spacial score (nSPS) is 18.4. The third-order valence-corrected chi connectivity index (χ3v) is 6.03. The minimum Gasteiger partial charge on any atom is -0.666 e. The van der Waals surface area contributed by atoms with Gasteiger partial charge in [-0.25, -0.2) is 4.79 Å². The van der Waals surface area contributed by atoms with Crippen LogP contribution in [0, 0.1) is 40.5 Å². The van der Waals surface area contributed by atoms with E-state index in [0.717, 1.165) is 71.1 Å². The molecule has 0 aliphatic carbocycles. The van der Waals surface area contributed by atoms with Crippen LogP contribution in [0.15, 0.2) is 0 Å². The van der Waals surface area contributed by atoms with Crippen LogP contribution in [0.5, 0.6) is 0 Å². The molecule has 4 saturated heterocycles. The summed E-state index contributed by atoms with van der Waals surface area (Å²) in [7, 11) is 0. The molecule has 2 amide bonds. The van der Waals surface area contributed by atoms with Crippen molar-refractivity contribution < 1.29 is 211 Å². The van der Waals surface area contributed by atoms with E-state index in [4.69, 9.17) is 77.9 Å². The van der Waals surface area contributed by atoms with Crippen molar-refractivity contribution in [3.8, 4) is 0 Å². The molecule has 4 aliphatic rings. The van der Waals surface area contributed by atoms with Crippen molar-refractivity contribution >= 4 is 24.6 Å². The number of nitrogens with zero attached hydrogens (tertiary/aromatic N) is 4. The van der Waals surface area contributed by atoms with Crippen LogP contribution >= 0.6 is 0 Å². The number of nitrogens with one attached hydrogen (secondary N) is 6. The molecule has 57 heavy (non-hydrogen) atoms. The average molecular weight is 1140 g/mol. The summed E-state index contributed by atoms with van der Waals surface area (Å²) in [5, 5.41) is 75.1. The Bertz CT molecular complexity index is 949. The van der Waals surface area contributed by atoms with Crippen LogP contribution in [0.2, 0.25) is 0 Å². The number of carboxylic acid groups (broad SMARTS) is 1.